The molecule has 1 rings (SSSR count). The van der Waals surface area contributed by atoms with Crippen LogP contribution in [0.15, 0.2) is 6.20 Å². The molecular formula is C11H18ClN3. The molecule has 1 unspecified atom stereocenters. The van der Waals surface area contributed by atoms with Crippen LogP contribution >= 0.6 is 11.6 Å². The van der Waals surface area contributed by atoms with Gasteiger partial charge in [-0.05, 0) is 33.6 Å². The van der Waals surface area contributed by atoms with Crippen molar-refractivity contribution < 1.29 is 0 Å². The van der Waals surface area contributed by atoms with Crippen molar-refractivity contribution in [2.24, 2.45) is 0 Å². The summed E-state index contributed by atoms with van der Waals surface area (Å²) in [5.41, 5.74) is 1.88. The van der Waals surface area contributed by atoms with E-state index < -0.39 is 0 Å². The third kappa shape index (κ3) is 4.04. The second-order valence-electron chi connectivity index (χ2n) is 3.82. The van der Waals surface area contributed by atoms with Crippen LogP contribution in [0.2, 0.25) is 0 Å². The first-order chi connectivity index (χ1) is 7.13. The lowest BCUT2D eigenvalue weighted by Crippen LogP contribution is -2.17. The van der Waals surface area contributed by atoms with Crippen molar-refractivity contribution in [3.05, 3.63) is 17.6 Å². The van der Waals surface area contributed by atoms with E-state index in [4.69, 9.17) is 11.6 Å². The Bertz CT molecular complexity index is 315. The van der Waals surface area contributed by atoms with Crippen LogP contribution in [-0.4, -0.2) is 21.9 Å². The SMILES string of the molecule is Cc1cnc(C)c(NC(C)CCCCl)n1. The standard InChI is InChI=1S/C11H18ClN3/c1-8(5-4-6-12)14-11-10(3)13-7-9(2)15-11/h7-8H,4-6H2,1-3H3,(H,14,15). The molecule has 0 aliphatic heterocycles. The summed E-state index contributed by atoms with van der Waals surface area (Å²) >= 11 is 5.65. The van der Waals surface area contributed by atoms with E-state index in [1.54, 1.807) is 6.20 Å². The van der Waals surface area contributed by atoms with E-state index in [0.29, 0.717) is 11.9 Å². The molecule has 0 fully saturated rings. The number of hydrogen-bond acceptors (Lipinski definition) is 3. The number of nitrogens with zero attached hydrogens (tertiary/aromatic N) is 2. The summed E-state index contributed by atoms with van der Waals surface area (Å²) in [7, 11) is 0. The van der Waals surface area contributed by atoms with Gasteiger partial charge in [-0.2, -0.15) is 0 Å². The molecule has 0 saturated carbocycles. The molecule has 0 bridgehead atoms. The highest BCUT2D eigenvalue weighted by atomic mass is 35.5. The molecule has 0 saturated heterocycles. The van der Waals surface area contributed by atoms with Gasteiger partial charge < -0.3 is 5.32 Å². The summed E-state index contributed by atoms with van der Waals surface area (Å²) in [5.74, 6) is 1.60. The molecule has 84 valence electrons. The van der Waals surface area contributed by atoms with Gasteiger partial charge in [0.25, 0.3) is 0 Å². The molecule has 1 N–H and O–H groups in total. The smallest absolute Gasteiger partial charge is 0.147 e. The minimum absolute atomic E-state index is 0.388. The lowest BCUT2D eigenvalue weighted by Gasteiger charge is -2.15. The fourth-order valence-electron chi connectivity index (χ4n) is 1.36. The number of nitrogens with one attached hydrogen (secondary N) is 1. The largest absolute Gasteiger partial charge is 0.366 e. The van der Waals surface area contributed by atoms with Crippen LogP contribution in [0.3, 0.4) is 0 Å². The van der Waals surface area contributed by atoms with Crippen LogP contribution in [0.5, 0.6) is 0 Å². The van der Waals surface area contributed by atoms with Gasteiger partial charge in [-0.1, -0.05) is 0 Å². The van der Waals surface area contributed by atoms with Crippen LogP contribution in [0.25, 0.3) is 0 Å². The molecule has 3 nitrogen and oxygen atoms in total. The van der Waals surface area contributed by atoms with Crippen molar-refractivity contribution in [3.8, 4) is 0 Å². The number of rotatable bonds is 5. The van der Waals surface area contributed by atoms with Crippen molar-refractivity contribution in [3.63, 3.8) is 0 Å². The van der Waals surface area contributed by atoms with Crippen LogP contribution in [-0.2, 0) is 0 Å². The van der Waals surface area contributed by atoms with Crippen LogP contribution < -0.4 is 5.32 Å². The van der Waals surface area contributed by atoms with Crippen molar-refractivity contribution in [1.29, 1.82) is 0 Å². The first-order valence-electron chi connectivity index (χ1n) is 5.26. The van der Waals surface area contributed by atoms with E-state index in [-0.39, 0.29) is 0 Å². The molecule has 0 radical (unpaired) electrons. The van der Waals surface area contributed by atoms with Gasteiger partial charge in [0.1, 0.15) is 5.82 Å². The Morgan fingerprint density at radius 3 is 2.87 bits per heavy atom. The summed E-state index contributed by atoms with van der Waals surface area (Å²) in [6.45, 7) is 6.04. The third-order valence-electron chi connectivity index (χ3n) is 2.23. The first-order valence-corrected chi connectivity index (χ1v) is 5.79. The Balaban J connectivity index is 2.59. The highest BCUT2D eigenvalue weighted by Crippen LogP contribution is 2.12. The Hall–Kier alpha value is -0.830. The highest BCUT2D eigenvalue weighted by Gasteiger charge is 2.06. The van der Waals surface area contributed by atoms with Gasteiger partial charge in [0.2, 0.25) is 0 Å². The van der Waals surface area contributed by atoms with Gasteiger partial charge in [-0.3, -0.25) is 4.98 Å². The average Bonchev–Trinajstić information content (AvgIpc) is 2.20. The zero-order valence-corrected chi connectivity index (χ0v) is 10.3. The fraction of sp³-hybridized carbons (Fsp3) is 0.636. The molecular weight excluding hydrogens is 210 g/mol. The van der Waals surface area contributed by atoms with Gasteiger partial charge in [0.15, 0.2) is 0 Å². The number of anilines is 1. The van der Waals surface area contributed by atoms with E-state index in [9.17, 15) is 0 Å². The average molecular weight is 228 g/mol. The van der Waals surface area contributed by atoms with E-state index in [2.05, 4.69) is 22.2 Å². The topological polar surface area (TPSA) is 37.8 Å². The number of halogens is 1. The molecule has 0 amide bonds. The number of alkyl halides is 1. The van der Waals surface area contributed by atoms with Crippen molar-refractivity contribution in [1.82, 2.24) is 9.97 Å². The minimum atomic E-state index is 0.388. The summed E-state index contributed by atoms with van der Waals surface area (Å²) < 4.78 is 0. The molecule has 0 aliphatic rings. The van der Waals surface area contributed by atoms with E-state index in [0.717, 1.165) is 30.0 Å². The van der Waals surface area contributed by atoms with Crippen LogP contribution in [0.4, 0.5) is 5.82 Å². The second kappa shape index (κ2) is 5.91. The summed E-state index contributed by atoms with van der Waals surface area (Å²) in [6.07, 6.45) is 3.86. The number of hydrogen-bond donors (Lipinski definition) is 1. The Labute approximate surface area is 96.3 Å². The maximum absolute atomic E-state index is 5.65. The van der Waals surface area contributed by atoms with Gasteiger partial charge in [0, 0.05) is 18.1 Å². The van der Waals surface area contributed by atoms with Gasteiger partial charge in [0.05, 0.1) is 11.4 Å². The van der Waals surface area contributed by atoms with Crippen LogP contribution in [0.1, 0.15) is 31.2 Å². The molecule has 1 atom stereocenters. The summed E-state index contributed by atoms with van der Waals surface area (Å²) in [4.78, 5) is 8.68. The van der Waals surface area contributed by atoms with Crippen molar-refractivity contribution >= 4 is 17.4 Å². The number of aromatic nitrogens is 2. The second-order valence-corrected chi connectivity index (χ2v) is 4.20. The van der Waals surface area contributed by atoms with E-state index in [1.807, 2.05) is 13.8 Å². The molecule has 0 aliphatic carbocycles. The van der Waals surface area contributed by atoms with Crippen molar-refractivity contribution in [2.75, 3.05) is 11.2 Å². The summed E-state index contributed by atoms with van der Waals surface area (Å²) in [6, 6.07) is 0.388. The van der Waals surface area contributed by atoms with E-state index >= 15 is 0 Å². The van der Waals surface area contributed by atoms with Crippen LogP contribution in [0, 0.1) is 13.8 Å². The molecule has 1 aromatic heterocycles. The normalized spacial score (nSPS) is 12.5. The Morgan fingerprint density at radius 2 is 2.20 bits per heavy atom. The van der Waals surface area contributed by atoms with Gasteiger partial charge in [-0.25, -0.2) is 4.98 Å². The quantitative estimate of drug-likeness (QED) is 0.786. The molecule has 0 spiro atoms. The minimum Gasteiger partial charge on any atom is -0.366 e. The van der Waals surface area contributed by atoms with E-state index in [1.165, 1.54) is 0 Å². The summed E-state index contributed by atoms with van der Waals surface area (Å²) in [5, 5.41) is 3.35. The zero-order valence-electron chi connectivity index (χ0n) is 9.55. The van der Waals surface area contributed by atoms with Crippen molar-refractivity contribution in [2.45, 2.75) is 39.7 Å². The molecule has 1 heterocycles. The fourth-order valence-corrected chi connectivity index (χ4v) is 1.52. The van der Waals surface area contributed by atoms with Gasteiger partial charge in [-0.15, -0.1) is 11.6 Å². The lowest BCUT2D eigenvalue weighted by atomic mass is 10.2. The monoisotopic (exact) mass is 227 g/mol. The Kier molecular flexibility index (Phi) is 4.82. The first kappa shape index (κ1) is 12.2. The number of aryl methyl sites for hydroxylation is 2. The molecule has 0 aromatic carbocycles. The lowest BCUT2D eigenvalue weighted by molar-refractivity contribution is 0.688. The maximum atomic E-state index is 5.65. The molecule has 15 heavy (non-hydrogen) atoms. The predicted octanol–water partition coefficient (Wildman–Crippen LogP) is 2.91. The Morgan fingerprint density at radius 1 is 1.47 bits per heavy atom. The molecule has 1 aromatic rings. The highest BCUT2D eigenvalue weighted by molar-refractivity contribution is 6.17. The third-order valence-corrected chi connectivity index (χ3v) is 2.50. The van der Waals surface area contributed by atoms with Gasteiger partial charge >= 0.3 is 0 Å². The molecule has 4 heteroatoms. The zero-order chi connectivity index (χ0) is 11.3. The predicted molar refractivity (Wildman–Crippen MR) is 64.5 cm³/mol. The maximum Gasteiger partial charge on any atom is 0.147 e.